The van der Waals surface area contributed by atoms with Crippen molar-refractivity contribution in [2.75, 3.05) is 0 Å². The Morgan fingerprint density at radius 3 is 1.53 bits per heavy atom. The molecule has 10 N–H and O–H groups in total. The van der Waals surface area contributed by atoms with Crippen LogP contribution in [0.3, 0.4) is 0 Å². The van der Waals surface area contributed by atoms with E-state index in [1.807, 2.05) is 12.1 Å². The van der Waals surface area contributed by atoms with Gasteiger partial charge in [0.15, 0.2) is 12.2 Å². The standard InChI is InChI=1S/C26H34N4O6/c1-2-5-20(21(31)23(33)25(35)29-14-18-8-3-6-16(10-18)12-27)22(32)24(34)26(36)30-15-19-9-4-7-17(11-19)13-28/h3-4,6-11,20-24,31-34H,12-15,27-28H2,1H3,(H,29,35)(H,30,36). The molecule has 0 heterocycles. The van der Waals surface area contributed by atoms with Crippen LogP contribution in [0.2, 0.25) is 0 Å². The molecule has 0 aliphatic rings. The van der Waals surface area contributed by atoms with Gasteiger partial charge in [0, 0.05) is 26.2 Å². The van der Waals surface area contributed by atoms with Gasteiger partial charge in [-0.2, -0.15) is 0 Å². The second-order valence-corrected chi connectivity index (χ2v) is 8.27. The Kier molecular flexibility index (Phi) is 11.5. The van der Waals surface area contributed by atoms with Gasteiger partial charge in [-0.3, -0.25) is 9.59 Å². The number of aliphatic hydroxyl groups excluding tert-OH is 4. The first-order valence-electron chi connectivity index (χ1n) is 11.5. The van der Waals surface area contributed by atoms with E-state index in [4.69, 9.17) is 11.5 Å². The maximum absolute atomic E-state index is 12.4. The van der Waals surface area contributed by atoms with Crippen LogP contribution in [-0.2, 0) is 35.8 Å². The Morgan fingerprint density at radius 1 is 0.778 bits per heavy atom. The molecule has 0 fully saturated rings. The molecule has 0 aliphatic heterocycles. The molecule has 2 aromatic rings. The molecule has 2 rings (SSSR count). The lowest BCUT2D eigenvalue weighted by Crippen LogP contribution is -2.52. The molecule has 36 heavy (non-hydrogen) atoms. The molecule has 0 spiro atoms. The van der Waals surface area contributed by atoms with E-state index in [1.165, 1.54) is 6.92 Å². The highest BCUT2D eigenvalue weighted by atomic mass is 16.4. The summed E-state index contributed by atoms with van der Waals surface area (Å²) in [6.45, 7) is 2.21. The molecule has 0 saturated heterocycles. The zero-order valence-electron chi connectivity index (χ0n) is 20.1. The smallest absolute Gasteiger partial charge is 0.251 e. The highest BCUT2D eigenvalue weighted by molar-refractivity contribution is 5.82. The van der Waals surface area contributed by atoms with Crippen molar-refractivity contribution in [3.05, 3.63) is 70.8 Å². The van der Waals surface area contributed by atoms with Crippen LogP contribution in [0, 0.1) is 17.8 Å². The molecule has 194 valence electrons. The number of carbonyl (C=O) groups is 2. The summed E-state index contributed by atoms with van der Waals surface area (Å²) in [4.78, 5) is 24.9. The summed E-state index contributed by atoms with van der Waals surface area (Å²) in [5.41, 5.74) is 14.4. The number of benzene rings is 2. The molecule has 2 amide bonds. The van der Waals surface area contributed by atoms with E-state index >= 15 is 0 Å². The number of amides is 2. The van der Waals surface area contributed by atoms with Gasteiger partial charge in [-0.15, -0.1) is 5.92 Å². The van der Waals surface area contributed by atoms with Crippen LogP contribution >= 0.6 is 0 Å². The molecule has 4 atom stereocenters. The number of nitrogens with two attached hydrogens (primary N) is 2. The van der Waals surface area contributed by atoms with Crippen molar-refractivity contribution in [3.8, 4) is 11.8 Å². The van der Waals surface area contributed by atoms with Gasteiger partial charge < -0.3 is 42.5 Å². The summed E-state index contributed by atoms with van der Waals surface area (Å²) < 4.78 is 0. The Hall–Kier alpha value is -3.30. The molecule has 4 unspecified atom stereocenters. The fourth-order valence-electron chi connectivity index (χ4n) is 3.56. The first-order chi connectivity index (χ1) is 17.2. The summed E-state index contributed by atoms with van der Waals surface area (Å²) >= 11 is 0. The Balaban J connectivity index is 2.00. The molecule has 0 aromatic heterocycles. The summed E-state index contributed by atoms with van der Waals surface area (Å²) in [6, 6.07) is 14.3. The SMILES string of the molecule is CC#CC(C(O)C(O)C(=O)NCc1cccc(CN)c1)C(O)C(O)C(=O)NCc1cccc(CN)c1. The lowest BCUT2D eigenvalue weighted by Gasteiger charge is -2.28. The van der Waals surface area contributed by atoms with Gasteiger partial charge in [0.25, 0.3) is 11.8 Å². The lowest BCUT2D eigenvalue weighted by molar-refractivity contribution is -0.145. The number of aliphatic hydroxyl groups is 4. The maximum Gasteiger partial charge on any atom is 0.251 e. The molecule has 0 aliphatic carbocycles. The van der Waals surface area contributed by atoms with E-state index in [0.717, 1.165) is 22.3 Å². The largest absolute Gasteiger partial charge is 0.388 e. The summed E-state index contributed by atoms with van der Waals surface area (Å²) in [6.07, 6.45) is -7.71. The van der Waals surface area contributed by atoms with Gasteiger partial charge in [-0.25, -0.2) is 0 Å². The zero-order chi connectivity index (χ0) is 26.7. The third-order valence-corrected chi connectivity index (χ3v) is 5.62. The van der Waals surface area contributed by atoms with Crippen molar-refractivity contribution < 1.29 is 30.0 Å². The number of nitrogens with one attached hydrogen (secondary N) is 2. The van der Waals surface area contributed by atoms with Crippen LogP contribution in [0.5, 0.6) is 0 Å². The molecule has 0 saturated carbocycles. The highest BCUT2D eigenvalue weighted by Crippen LogP contribution is 2.17. The van der Waals surface area contributed by atoms with E-state index in [1.54, 1.807) is 36.4 Å². The van der Waals surface area contributed by atoms with Gasteiger partial charge in [-0.05, 0) is 29.2 Å². The first-order valence-corrected chi connectivity index (χ1v) is 11.5. The van der Waals surface area contributed by atoms with Crippen molar-refractivity contribution in [2.24, 2.45) is 17.4 Å². The number of rotatable bonds is 12. The van der Waals surface area contributed by atoms with Crippen LogP contribution in [0.4, 0.5) is 0 Å². The molecule has 10 nitrogen and oxygen atoms in total. The molecular formula is C26H34N4O6. The molecular weight excluding hydrogens is 464 g/mol. The Labute approximate surface area is 210 Å². The predicted octanol–water partition coefficient (Wildman–Crippen LogP) is -1.38. The Morgan fingerprint density at radius 2 is 1.17 bits per heavy atom. The number of carbonyl (C=O) groups excluding carboxylic acids is 2. The van der Waals surface area contributed by atoms with Gasteiger partial charge in [0.1, 0.15) is 12.2 Å². The van der Waals surface area contributed by atoms with Crippen molar-refractivity contribution in [1.82, 2.24) is 10.6 Å². The van der Waals surface area contributed by atoms with Crippen molar-refractivity contribution >= 4 is 11.8 Å². The van der Waals surface area contributed by atoms with E-state index in [0.29, 0.717) is 13.1 Å². The van der Waals surface area contributed by atoms with E-state index in [9.17, 15) is 30.0 Å². The fourth-order valence-corrected chi connectivity index (χ4v) is 3.56. The maximum atomic E-state index is 12.4. The monoisotopic (exact) mass is 498 g/mol. The molecule has 10 heteroatoms. The molecule has 0 radical (unpaired) electrons. The van der Waals surface area contributed by atoms with Crippen molar-refractivity contribution in [3.63, 3.8) is 0 Å². The fraction of sp³-hybridized carbons (Fsp3) is 0.385. The summed E-state index contributed by atoms with van der Waals surface area (Å²) in [7, 11) is 0. The molecule has 2 aromatic carbocycles. The van der Waals surface area contributed by atoms with Gasteiger partial charge >= 0.3 is 0 Å². The van der Waals surface area contributed by atoms with Crippen LogP contribution < -0.4 is 22.1 Å². The van der Waals surface area contributed by atoms with Gasteiger partial charge in [0.2, 0.25) is 0 Å². The summed E-state index contributed by atoms with van der Waals surface area (Å²) in [5, 5.41) is 46.9. The second-order valence-electron chi connectivity index (χ2n) is 8.27. The topological polar surface area (TPSA) is 191 Å². The van der Waals surface area contributed by atoms with Gasteiger partial charge in [-0.1, -0.05) is 54.5 Å². The quantitative estimate of drug-likeness (QED) is 0.164. The second kappa shape index (κ2) is 14.3. The molecule has 0 bridgehead atoms. The predicted molar refractivity (Wildman–Crippen MR) is 133 cm³/mol. The van der Waals surface area contributed by atoms with E-state index in [-0.39, 0.29) is 13.1 Å². The van der Waals surface area contributed by atoms with Gasteiger partial charge in [0.05, 0.1) is 5.92 Å². The lowest BCUT2D eigenvalue weighted by atomic mass is 9.89. The van der Waals surface area contributed by atoms with Crippen molar-refractivity contribution in [2.45, 2.75) is 57.5 Å². The summed E-state index contributed by atoms with van der Waals surface area (Å²) in [5.74, 6) is 1.65. The average Bonchev–Trinajstić information content (AvgIpc) is 2.91. The van der Waals surface area contributed by atoms with Crippen LogP contribution in [0.25, 0.3) is 0 Å². The van der Waals surface area contributed by atoms with E-state index < -0.39 is 42.1 Å². The van der Waals surface area contributed by atoms with Crippen LogP contribution in [-0.4, -0.2) is 56.7 Å². The highest BCUT2D eigenvalue weighted by Gasteiger charge is 2.39. The first kappa shape index (κ1) is 28.9. The minimum Gasteiger partial charge on any atom is -0.388 e. The average molecular weight is 499 g/mol. The normalized spacial score (nSPS) is 15.0. The minimum absolute atomic E-state index is 0.0690. The third kappa shape index (κ3) is 8.13. The number of hydrogen-bond donors (Lipinski definition) is 8. The van der Waals surface area contributed by atoms with Crippen LogP contribution in [0.1, 0.15) is 29.2 Å². The van der Waals surface area contributed by atoms with Crippen molar-refractivity contribution in [1.29, 1.82) is 0 Å². The van der Waals surface area contributed by atoms with E-state index in [2.05, 4.69) is 22.5 Å². The number of hydrogen-bond acceptors (Lipinski definition) is 8. The van der Waals surface area contributed by atoms with Crippen LogP contribution in [0.15, 0.2) is 48.5 Å². The minimum atomic E-state index is -1.97. The Bertz CT molecular complexity index is 1010. The third-order valence-electron chi connectivity index (χ3n) is 5.62. The zero-order valence-corrected chi connectivity index (χ0v) is 20.1.